The van der Waals surface area contributed by atoms with E-state index in [1.54, 1.807) is 24.3 Å². The first kappa shape index (κ1) is 22.7. The number of hydrogen-bond donors (Lipinski definition) is 2. The normalized spacial score (nSPS) is 11.3. The zero-order valence-electron chi connectivity index (χ0n) is 17.9. The molecule has 0 aliphatic carbocycles. The van der Waals surface area contributed by atoms with E-state index in [4.69, 9.17) is 0 Å². The minimum Gasteiger partial charge on any atom is -0.326 e. The largest absolute Gasteiger partial charge is 0.326 e. The molecule has 0 aliphatic rings. The number of sulfonamides is 1. The molecule has 0 unspecified atom stereocenters. The van der Waals surface area contributed by atoms with E-state index in [1.807, 2.05) is 62.4 Å². The van der Waals surface area contributed by atoms with Gasteiger partial charge in [-0.25, -0.2) is 13.1 Å². The number of carbonyl (C=O) groups excluding carboxylic acids is 1. The third-order valence-electron chi connectivity index (χ3n) is 5.08. The minimum absolute atomic E-state index is 0.0637. The van der Waals surface area contributed by atoms with Gasteiger partial charge >= 0.3 is 0 Å². The fourth-order valence-corrected chi connectivity index (χ4v) is 4.35. The van der Waals surface area contributed by atoms with Crippen molar-refractivity contribution in [3.05, 3.63) is 95.1 Å². The Morgan fingerprint density at radius 3 is 2.19 bits per heavy atom. The third-order valence-corrected chi connectivity index (χ3v) is 6.56. The van der Waals surface area contributed by atoms with Crippen LogP contribution in [0, 0.1) is 13.8 Å². The molecule has 0 bridgehead atoms. The van der Waals surface area contributed by atoms with Crippen molar-refractivity contribution in [2.24, 2.45) is 0 Å². The number of amides is 1. The molecule has 0 atom stereocenters. The van der Waals surface area contributed by atoms with Crippen LogP contribution in [-0.4, -0.2) is 20.9 Å². The van der Waals surface area contributed by atoms with Crippen molar-refractivity contribution in [1.82, 2.24) is 4.72 Å². The highest BCUT2D eigenvalue weighted by atomic mass is 32.2. The molecule has 0 aliphatic heterocycles. The van der Waals surface area contributed by atoms with E-state index < -0.39 is 10.0 Å². The highest BCUT2D eigenvalue weighted by molar-refractivity contribution is 7.89. The fourth-order valence-electron chi connectivity index (χ4n) is 3.32. The molecular formula is C25H28N2O3S. The lowest BCUT2D eigenvalue weighted by molar-refractivity contribution is -0.116. The summed E-state index contributed by atoms with van der Waals surface area (Å²) in [4.78, 5) is 12.5. The van der Waals surface area contributed by atoms with Crippen LogP contribution in [0.25, 0.3) is 0 Å². The molecule has 0 fully saturated rings. The second-order valence-corrected chi connectivity index (χ2v) is 9.41. The number of anilines is 1. The average molecular weight is 437 g/mol. The Balaban J connectivity index is 1.50. The van der Waals surface area contributed by atoms with Gasteiger partial charge in [-0.05, 0) is 61.6 Å². The van der Waals surface area contributed by atoms with Gasteiger partial charge in [-0.15, -0.1) is 0 Å². The molecule has 3 aromatic carbocycles. The van der Waals surface area contributed by atoms with E-state index in [0.29, 0.717) is 25.8 Å². The maximum absolute atomic E-state index is 12.5. The minimum atomic E-state index is -3.56. The predicted octanol–water partition coefficient (Wildman–Crippen LogP) is 4.40. The molecule has 31 heavy (non-hydrogen) atoms. The summed E-state index contributed by atoms with van der Waals surface area (Å²) >= 11 is 0. The fraction of sp³-hybridized carbons (Fsp3) is 0.240. The summed E-state index contributed by atoms with van der Waals surface area (Å²) in [6.45, 7) is 4.32. The van der Waals surface area contributed by atoms with E-state index in [2.05, 4.69) is 10.0 Å². The molecule has 2 N–H and O–H groups in total. The molecule has 5 nitrogen and oxygen atoms in total. The molecular weight excluding hydrogens is 408 g/mol. The van der Waals surface area contributed by atoms with E-state index in [9.17, 15) is 13.2 Å². The molecule has 0 saturated carbocycles. The quantitative estimate of drug-likeness (QED) is 0.522. The van der Waals surface area contributed by atoms with Crippen molar-refractivity contribution in [1.29, 1.82) is 0 Å². The second-order valence-electron chi connectivity index (χ2n) is 7.64. The SMILES string of the molecule is Cc1ccc(NC(=O)CCc2ccc(S(=O)(=O)NCCc3ccccc3)cc2)c(C)c1. The third kappa shape index (κ3) is 6.77. The molecule has 3 aromatic rings. The van der Waals surface area contributed by atoms with E-state index in [0.717, 1.165) is 27.9 Å². The standard InChI is InChI=1S/C25H28N2O3S/c1-19-8-14-24(20(2)18-19)27-25(28)15-11-22-9-12-23(13-10-22)31(29,30)26-17-16-21-6-4-3-5-7-21/h3-10,12-14,18,26H,11,15-17H2,1-2H3,(H,27,28). The monoisotopic (exact) mass is 436 g/mol. The smallest absolute Gasteiger partial charge is 0.240 e. The summed E-state index contributed by atoms with van der Waals surface area (Å²) in [6.07, 6.45) is 1.50. The summed E-state index contributed by atoms with van der Waals surface area (Å²) in [5, 5.41) is 2.94. The number of rotatable bonds is 9. The van der Waals surface area contributed by atoms with Gasteiger partial charge in [0.25, 0.3) is 0 Å². The molecule has 0 spiro atoms. The van der Waals surface area contributed by atoms with E-state index in [1.165, 1.54) is 0 Å². The van der Waals surface area contributed by atoms with Gasteiger partial charge in [-0.1, -0.05) is 60.2 Å². The van der Waals surface area contributed by atoms with Crippen molar-refractivity contribution in [3.63, 3.8) is 0 Å². The van der Waals surface area contributed by atoms with Gasteiger partial charge in [0.15, 0.2) is 0 Å². The Bertz CT molecular complexity index is 1130. The van der Waals surface area contributed by atoms with Crippen LogP contribution >= 0.6 is 0 Å². The Labute approximate surface area is 184 Å². The molecule has 0 heterocycles. The number of aryl methyl sites for hydroxylation is 3. The lowest BCUT2D eigenvalue weighted by Gasteiger charge is -2.10. The zero-order chi connectivity index (χ0) is 22.3. The van der Waals surface area contributed by atoms with Crippen LogP contribution < -0.4 is 10.0 Å². The number of carbonyl (C=O) groups is 1. The number of benzene rings is 3. The van der Waals surface area contributed by atoms with E-state index >= 15 is 0 Å². The molecule has 1 amide bonds. The van der Waals surface area contributed by atoms with Crippen molar-refractivity contribution in [2.45, 2.75) is 38.0 Å². The van der Waals surface area contributed by atoms with Gasteiger partial charge in [-0.3, -0.25) is 4.79 Å². The Hall–Kier alpha value is -2.96. The lowest BCUT2D eigenvalue weighted by Crippen LogP contribution is -2.26. The first-order valence-corrected chi connectivity index (χ1v) is 11.8. The summed E-state index contributed by atoms with van der Waals surface area (Å²) in [5.74, 6) is -0.0637. The summed E-state index contributed by atoms with van der Waals surface area (Å²) in [5.41, 5.74) is 5.00. The highest BCUT2D eigenvalue weighted by Gasteiger charge is 2.13. The van der Waals surface area contributed by atoms with Crippen molar-refractivity contribution in [3.8, 4) is 0 Å². The zero-order valence-corrected chi connectivity index (χ0v) is 18.7. The number of nitrogens with one attached hydrogen (secondary N) is 2. The summed E-state index contributed by atoms with van der Waals surface area (Å²) in [7, 11) is -3.56. The van der Waals surface area contributed by atoms with Crippen LogP contribution in [0.15, 0.2) is 77.7 Å². The molecule has 0 radical (unpaired) electrons. The van der Waals surface area contributed by atoms with E-state index in [-0.39, 0.29) is 10.8 Å². The van der Waals surface area contributed by atoms with Crippen molar-refractivity contribution < 1.29 is 13.2 Å². The molecule has 3 rings (SSSR count). The van der Waals surface area contributed by atoms with Crippen LogP contribution in [-0.2, 0) is 27.7 Å². The van der Waals surface area contributed by atoms with Gasteiger partial charge < -0.3 is 5.32 Å². The Morgan fingerprint density at radius 2 is 1.52 bits per heavy atom. The summed E-state index contributed by atoms with van der Waals surface area (Å²) < 4.78 is 27.6. The number of hydrogen-bond acceptors (Lipinski definition) is 3. The Kier molecular flexibility index (Phi) is 7.60. The van der Waals surface area contributed by atoms with Crippen LogP contribution in [0.4, 0.5) is 5.69 Å². The van der Waals surface area contributed by atoms with Crippen LogP contribution in [0.1, 0.15) is 28.7 Å². The lowest BCUT2D eigenvalue weighted by atomic mass is 10.1. The van der Waals surface area contributed by atoms with Gasteiger partial charge in [0.05, 0.1) is 4.90 Å². The molecule has 0 saturated heterocycles. The van der Waals surface area contributed by atoms with Crippen molar-refractivity contribution >= 4 is 21.6 Å². The van der Waals surface area contributed by atoms with Crippen LogP contribution in [0.5, 0.6) is 0 Å². The predicted molar refractivity (Wildman–Crippen MR) is 125 cm³/mol. The first-order chi connectivity index (χ1) is 14.8. The van der Waals surface area contributed by atoms with Gasteiger partial charge in [-0.2, -0.15) is 0 Å². The second kappa shape index (κ2) is 10.4. The summed E-state index contributed by atoms with van der Waals surface area (Å²) in [6, 6.07) is 22.3. The first-order valence-electron chi connectivity index (χ1n) is 10.3. The van der Waals surface area contributed by atoms with Gasteiger partial charge in [0, 0.05) is 18.7 Å². The van der Waals surface area contributed by atoms with Gasteiger partial charge in [0.1, 0.15) is 0 Å². The molecule has 0 aromatic heterocycles. The average Bonchev–Trinajstić information content (AvgIpc) is 2.75. The maximum Gasteiger partial charge on any atom is 0.240 e. The highest BCUT2D eigenvalue weighted by Crippen LogP contribution is 2.17. The van der Waals surface area contributed by atoms with Crippen LogP contribution in [0.3, 0.4) is 0 Å². The molecule has 6 heteroatoms. The van der Waals surface area contributed by atoms with Crippen molar-refractivity contribution in [2.75, 3.05) is 11.9 Å². The van der Waals surface area contributed by atoms with Crippen LogP contribution in [0.2, 0.25) is 0 Å². The molecule has 162 valence electrons. The maximum atomic E-state index is 12.5. The topological polar surface area (TPSA) is 75.3 Å². The Morgan fingerprint density at radius 1 is 0.839 bits per heavy atom. The van der Waals surface area contributed by atoms with Gasteiger partial charge in [0.2, 0.25) is 15.9 Å².